The summed E-state index contributed by atoms with van der Waals surface area (Å²) >= 11 is 0. The van der Waals surface area contributed by atoms with Gasteiger partial charge in [-0.1, -0.05) is 6.32 Å². The fraction of sp³-hybridized carbons (Fsp3) is 0.857. The predicted octanol–water partition coefficient (Wildman–Crippen LogP) is 2.34. The van der Waals surface area contributed by atoms with Crippen molar-refractivity contribution < 1.29 is 19.1 Å². The molecule has 5 nitrogen and oxygen atoms in total. The van der Waals surface area contributed by atoms with Crippen molar-refractivity contribution in [2.45, 2.75) is 76.9 Å². The lowest BCUT2D eigenvalue weighted by atomic mass is 9.97. The molecule has 6 heteroatoms. The summed E-state index contributed by atoms with van der Waals surface area (Å²) in [7, 11) is 5.48. The minimum absolute atomic E-state index is 0.0248. The van der Waals surface area contributed by atoms with Crippen LogP contribution in [-0.4, -0.2) is 37.7 Å². The Labute approximate surface area is 122 Å². The third-order valence-electron chi connectivity index (χ3n) is 3.02. The highest BCUT2D eigenvalue weighted by atomic mass is 16.6. The van der Waals surface area contributed by atoms with E-state index in [0.29, 0.717) is 12.7 Å². The first-order chi connectivity index (χ1) is 9.31. The average Bonchev–Trinajstić information content (AvgIpc) is 2.78. The number of rotatable bonds is 5. The Morgan fingerprint density at radius 1 is 1.30 bits per heavy atom. The zero-order valence-corrected chi connectivity index (χ0v) is 12.6. The molecule has 1 amide bonds. The molecule has 1 N–H and O–H groups in total. The predicted molar refractivity (Wildman–Crippen MR) is 76.7 cm³/mol. The van der Waals surface area contributed by atoms with Crippen molar-refractivity contribution in [3.8, 4) is 0 Å². The van der Waals surface area contributed by atoms with E-state index in [1.165, 1.54) is 0 Å². The number of alkyl carbamates (subject to hydrolysis) is 1. The van der Waals surface area contributed by atoms with Gasteiger partial charge in [0.2, 0.25) is 0 Å². The molecule has 0 saturated heterocycles. The maximum atomic E-state index is 12.0. The Balaban J connectivity index is 2.49. The molecular formula is C14H24BNO4. The second kappa shape index (κ2) is 7.55. The van der Waals surface area contributed by atoms with Crippen molar-refractivity contribution in [1.82, 2.24) is 5.32 Å². The van der Waals surface area contributed by atoms with Crippen molar-refractivity contribution in [2.24, 2.45) is 0 Å². The fourth-order valence-corrected chi connectivity index (χ4v) is 2.12. The van der Waals surface area contributed by atoms with Gasteiger partial charge < -0.3 is 14.8 Å². The molecule has 1 saturated carbocycles. The van der Waals surface area contributed by atoms with Crippen molar-refractivity contribution in [1.29, 1.82) is 0 Å². The van der Waals surface area contributed by atoms with Gasteiger partial charge in [0.25, 0.3) is 0 Å². The molecular weight excluding hydrogens is 257 g/mol. The molecule has 2 radical (unpaired) electrons. The zero-order chi connectivity index (χ0) is 15.2. The summed E-state index contributed by atoms with van der Waals surface area (Å²) in [6.07, 6.45) is 3.94. The Hall–Kier alpha value is -1.20. The van der Waals surface area contributed by atoms with E-state index in [4.69, 9.17) is 17.3 Å². The topological polar surface area (TPSA) is 64.6 Å². The van der Waals surface area contributed by atoms with Crippen molar-refractivity contribution >= 4 is 19.9 Å². The minimum Gasteiger partial charge on any atom is -0.461 e. The Morgan fingerprint density at radius 2 is 1.90 bits per heavy atom. The van der Waals surface area contributed by atoms with E-state index < -0.39 is 23.7 Å². The van der Waals surface area contributed by atoms with Crippen LogP contribution in [0.2, 0.25) is 6.32 Å². The van der Waals surface area contributed by atoms with Gasteiger partial charge >= 0.3 is 12.1 Å². The number of amides is 1. The smallest absolute Gasteiger partial charge is 0.408 e. The van der Waals surface area contributed by atoms with E-state index in [9.17, 15) is 9.59 Å². The average molecular weight is 281 g/mol. The van der Waals surface area contributed by atoms with E-state index >= 15 is 0 Å². The first kappa shape index (κ1) is 16.9. The lowest BCUT2D eigenvalue weighted by molar-refractivity contribution is -0.151. The lowest BCUT2D eigenvalue weighted by Crippen LogP contribution is -2.44. The van der Waals surface area contributed by atoms with Gasteiger partial charge in [0, 0.05) is 0 Å². The van der Waals surface area contributed by atoms with Crippen LogP contribution >= 0.6 is 0 Å². The lowest BCUT2D eigenvalue weighted by Gasteiger charge is -2.23. The Morgan fingerprint density at radius 3 is 2.40 bits per heavy atom. The molecule has 1 atom stereocenters. The molecule has 0 bridgehead atoms. The number of hydrogen-bond donors (Lipinski definition) is 1. The highest BCUT2D eigenvalue weighted by Crippen LogP contribution is 2.21. The highest BCUT2D eigenvalue weighted by Gasteiger charge is 2.27. The monoisotopic (exact) mass is 281 g/mol. The molecule has 1 fully saturated rings. The second-order valence-electron chi connectivity index (χ2n) is 6.12. The van der Waals surface area contributed by atoms with Crippen LogP contribution in [0.15, 0.2) is 0 Å². The first-order valence-corrected chi connectivity index (χ1v) is 7.22. The molecule has 0 heterocycles. The minimum atomic E-state index is -0.740. The van der Waals surface area contributed by atoms with Crippen LogP contribution in [0.25, 0.3) is 0 Å². The van der Waals surface area contributed by atoms with Gasteiger partial charge in [0.15, 0.2) is 0 Å². The normalized spacial score (nSPS) is 17.6. The van der Waals surface area contributed by atoms with Gasteiger partial charge in [-0.2, -0.15) is 0 Å². The Bertz CT molecular complexity index is 335. The molecule has 1 rings (SSSR count). The van der Waals surface area contributed by atoms with Crippen LogP contribution in [0.4, 0.5) is 4.79 Å². The van der Waals surface area contributed by atoms with Crippen LogP contribution < -0.4 is 5.32 Å². The zero-order valence-electron chi connectivity index (χ0n) is 12.6. The van der Waals surface area contributed by atoms with Crippen molar-refractivity contribution in [3.63, 3.8) is 0 Å². The maximum Gasteiger partial charge on any atom is 0.408 e. The van der Waals surface area contributed by atoms with Gasteiger partial charge in [-0.25, -0.2) is 9.59 Å². The number of carbonyl (C=O) groups excluding carboxylic acids is 2. The first-order valence-electron chi connectivity index (χ1n) is 7.22. The number of nitrogens with one attached hydrogen (secondary N) is 1. The van der Waals surface area contributed by atoms with Crippen molar-refractivity contribution in [3.05, 3.63) is 0 Å². The number of carbonyl (C=O) groups is 2. The summed E-state index contributed by atoms with van der Waals surface area (Å²) in [5.74, 6) is -0.423. The molecule has 0 spiro atoms. The van der Waals surface area contributed by atoms with Gasteiger partial charge in [-0.05, 0) is 52.9 Å². The number of esters is 1. The van der Waals surface area contributed by atoms with Crippen LogP contribution in [0, 0.1) is 0 Å². The number of ether oxygens (including phenoxy) is 2. The van der Waals surface area contributed by atoms with Gasteiger partial charge in [-0.15, -0.1) is 0 Å². The molecule has 0 aromatic rings. The van der Waals surface area contributed by atoms with Gasteiger partial charge in [-0.3, -0.25) is 0 Å². The SMILES string of the molecule is [B]CC[C@H](NC(=O)OC(C)(C)C)C(=O)OC1CCCC1. The molecule has 0 aromatic carbocycles. The van der Waals surface area contributed by atoms with E-state index in [2.05, 4.69) is 5.32 Å². The molecule has 0 aromatic heterocycles. The molecule has 0 aliphatic heterocycles. The molecule has 1 aliphatic rings. The van der Waals surface area contributed by atoms with E-state index in [0.717, 1.165) is 25.7 Å². The van der Waals surface area contributed by atoms with Crippen LogP contribution in [0.1, 0.15) is 52.9 Å². The van der Waals surface area contributed by atoms with Gasteiger partial charge in [0.05, 0.1) is 7.85 Å². The van der Waals surface area contributed by atoms with E-state index in [-0.39, 0.29) is 6.10 Å². The fourth-order valence-electron chi connectivity index (χ4n) is 2.12. The summed E-state index contributed by atoms with van der Waals surface area (Å²) < 4.78 is 10.5. The maximum absolute atomic E-state index is 12.0. The summed E-state index contributed by atoms with van der Waals surface area (Å²) in [6.45, 7) is 5.30. The van der Waals surface area contributed by atoms with Gasteiger partial charge in [0.1, 0.15) is 17.7 Å². The largest absolute Gasteiger partial charge is 0.461 e. The third-order valence-corrected chi connectivity index (χ3v) is 3.02. The summed E-state index contributed by atoms with van der Waals surface area (Å²) in [6, 6.07) is -0.740. The summed E-state index contributed by atoms with van der Waals surface area (Å²) in [4.78, 5) is 23.7. The quantitative estimate of drug-likeness (QED) is 0.620. The Kier molecular flexibility index (Phi) is 6.36. The molecule has 1 aliphatic carbocycles. The van der Waals surface area contributed by atoms with Crippen LogP contribution in [0.5, 0.6) is 0 Å². The summed E-state index contributed by atoms with van der Waals surface area (Å²) in [5.41, 5.74) is -0.604. The molecule has 0 unspecified atom stereocenters. The van der Waals surface area contributed by atoms with E-state index in [1.54, 1.807) is 20.8 Å². The number of hydrogen-bond acceptors (Lipinski definition) is 4. The van der Waals surface area contributed by atoms with Crippen LogP contribution in [-0.2, 0) is 14.3 Å². The van der Waals surface area contributed by atoms with Crippen molar-refractivity contribution in [2.75, 3.05) is 0 Å². The third kappa shape index (κ3) is 6.30. The van der Waals surface area contributed by atoms with Crippen LogP contribution in [0.3, 0.4) is 0 Å². The summed E-state index contributed by atoms with van der Waals surface area (Å²) in [5, 5.41) is 2.53. The molecule has 112 valence electrons. The molecule has 20 heavy (non-hydrogen) atoms. The highest BCUT2D eigenvalue weighted by molar-refractivity contribution is 6.08. The van der Waals surface area contributed by atoms with E-state index in [1.807, 2.05) is 0 Å². The second-order valence-corrected chi connectivity index (χ2v) is 6.12. The standard InChI is InChI=1S/C14H24BNO4/c1-14(2,3)20-13(18)16-11(8-9-15)12(17)19-10-6-4-5-7-10/h10-11H,4-9H2,1-3H3,(H,16,18)/t11-/m0/s1.